The average molecular weight is 670 g/mol. The summed E-state index contributed by atoms with van der Waals surface area (Å²) in [6, 6.07) is 69.2. The molecular formula is C45H34BN6-. The fraction of sp³-hybridized carbons (Fsp3) is 0. The standard InChI is InChI=1S/C45H34BN6/c1-7-19-34(20-8-1)40-31-43(37-25-13-4-14-26-37)50(47-40)46(51-44(38-27-15-5-16-28-38)32-41(48-51)35-21-9-2-10-22-35)52-45(39-29-17-6-18-30-39)33-42(49-52)36-23-11-3-12-24-36/h1-33,46H/q-1. The van der Waals surface area contributed by atoms with Gasteiger partial charge in [0.05, 0.1) is 17.1 Å². The van der Waals surface area contributed by atoms with Gasteiger partial charge in [0.2, 0.25) is 0 Å². The summed E-state index contributed by atoms with van der Waals surface area (Å²) in [4.78, 5) is 0. The van der Waals surface area contributed by atoms with E-state index < -0.39 is 7.12 Å². The van der Waals surface area contributed by atoms with Gasteiger partial charge >= 0.3 is 7.12 Å². The lowest BCUT2D eigenvalue weighted by Crippen LogP contribution is -2.45. The van der Waals surface area contributed by atoms with Gasteiger partial charge < -0.3 is 13.8 Å². The zero-order valence-corrected chi connectivity index (χ0v) is 28.4. The van der Waals surface area contributed by atoms with Gasteiger partial charge in [-0.2, -0.15) is 0 Å². The Balaban J connectivity index is 1.39. The molecule has 0 aliphatic heterocycles. The van der Waals surface area contributed by atoms with Crippen LogP contribution in [-0.4, -0.2) is 36.2 Å². The first kappa shape index (κ1) is 31.0. The summed E-state index contributed by atoms with van der Waals surface area (Å²) in [5.74, 6) is 0. The number of rotatable bonds is 9. The molecule has 52 heavy (non-hydrogen) atoms. The number of hydrogen-bond acceptors (Lipinski definition) is 3. The van der Waals surface area contributed by atoms with E-state index in [9.17, 15) is 0 Å². The van der Waals surface area contributed by atoms with Crippen LogP contribution in [0.1, 0.15) is 0 Å². The normalized spacial score (nSPS) is 11.2. The van der Waals surface area contributed by atoms with Crippen LogP contribution in [-0.2, 0) is 0 Å². The fourth-order valence-electron chi connectivity index (χ4n) is 7.05. The monoisotopic (exact) mass is 669 g/mol. The lowest BCUT2D eigenvalue weighted by molar-refractivity contribution is 0.784. The Morgan fingerprint density at radius 3 is 0.712 bits per heavy atom. The second-order valence-electron chi connectivity index (χ2n) is 12.9. The molecule has 3 aromatic heterocycles. The Morgan fingerprint density at radius 1 is 0.269 bits per heavy atom. The van der Waals surface area contributed by atoms with Gasteiger partial charge in [-0.15, -0.1) is 0 Å². The number of hydrogen-bond donors (Lipinski definition) is 0. The van der Waals surface area contributed by atoms with Crippen molar-refractivity contribution in [3.63, 3.8) is 0 Å². The maximum Gasteiger partial charge on any atom is 0.327 e. The van der Waals surface area contributed by atoms with E-state index in [1.54, 1.807) is 0 Å². The van der Waals surface area contributed by atoms with Gasteiger partial charge in [-0.05, 0) is 34.9 Å². The van der Waals surface area contributed by atoms with E-state index in [-0.39, 0.29) is 0 Å². The minimum absolute atomic E-state index is 0.880. The van der Waals surface area contributed by atoms with Gasteiger partial charge in [0, 0.05) is 33.8 Å². The van der Waals surface area contributed by atoms with E-state index in [2.05, 4.69) is 178 Å². The molecule has 0 unspecified atom stereocenters. The third kappa shape index (κ3) is 5.95. The minimum atomic E-state index is -1.96. The SMILES string of the molecule is c1ccc(-c2cc(-c3ccccc3)n([BH-](n3nc(-c4ccccc4)cc3-c3ccccc3)n3nc(-c4ccccc4)cc3-c3ccccc3)n2)cc1. The summed E-state index contributed by atoms with van der Waals surface area (Å²) in [5, 5.41) is 16.4. The predicted molar refractivity (Wildman–Crippen MR) is 213 cm³/mol. The van der Waals surface area contributed by atoms with Crippen molar-refractivity contribution in [2.45, 2.75) is 0 Å². The second kappa shape index (κ2) is 13.7. The molecule has 7 heteroatoms. The zero-order chi connectivity index (χ0) is 34.7. The summed E-state index contributed by atoms with van der Waals surface area (Å²) >= 11 is 0. The number of nitrogens with zero attached hydrogens (tertiary/aromatic N) is 6. The summed E-state index contributed by atoms with van der Waals surface area (Å²) in [6.07, 6.45) is 0. The van der Waals surface area contributed by atoms with E-state index >= 15 is 0 Å². The molecule has 0 atom stereocenters. The maximum absolute atomic E-state index is 5.48. The van der Waals surface area contributed by atoms with E-state index in [1.165, 1.54) is 0 Å². The van der Waals surface area contributed by atoms with Crippen LogP contribution in [0.2, 0.25) is 0 Å². The molecule has 9 aromatic rings. The third-order valence-electron chi connectivity index (χ3n) is 9.56. The Bertz CT molecular complexity index is 2260. The van der Waals surface area contributed by atoms with Gasteiger partial charge in [0.15, 0.2) is 0 Å². The highest BCUT2D eigenvalue weighted by atomic mass is 15.5. The zero-order valence-electron chi connectivity index (χ0n) is 28.4. The van der Waals surface area contributed by atoms with Gasteiger partial charge in [-0.3, -0.25) is 0 Å². The molecule has 0 aliphatic carbocycles. The summed E-state index contributed by atoms with van der Waals surface area (Å²) in [5.41, 5.74) is 11.9. The smallest absolute Gasteiger partial charge is 0.327 e. The molecule has 6 aromatic carbocycles. The predicted octanol–water partition coefficient (Wildman–Crippen LogP) is 9.94. The molecule has 3 heterocycles. The molecule has 9 rings (SSSR count). The van der Waals surface area contributed by atoms with Gasteiger partial charge in [-0.1, -0.05) is 182 Å². The van der Waals surface area contributed by atoms with E-state index in [0.29, 0.717) is 0 Å². The van der Waals surface area contributed by atoms with Crippen molar-refractivity contribution >= 4 is 7.12 Å². The van der Waals surface area contributed by atoms with Gasteiger partial charge in [-0.25, -0.2) is 15.3 Å². The maximum atomic E-state index is 5.48. The minimum Gasteiger partial charge on any atom is -0.396 e. The van der Waals surface area contributed by atoms with Crippen molar-refractivity contribution < 1.29 is 0 Å². The van der Waals surface area contributed by atoms with Crippen molar-refractivity contribution in [2.24, 2.45) is 0 Å². The van der Waals surface area contributed by atoms with Crippen molar-refractivity contribution in [1.29, 1.82) is 0 Å². The second-order valence-corrected chi connectivity index (χ2v) is 12.9. The lowest BCUT2D eigenvalue weighted by Gasteiger charge is -2.32. The average Bonchev–Trinajstić information content (AvgIpc) is 3.99. The fourth-order valence-corrected chi connectivity index (χ4v) is 7.05. The molecule has 0 fully saturated rings. The van der Waals surface area contributed by atoms with Crippen LogP contribution in [0.25, 0.3) is 67.5 Å². The summed E-state index contributed by atoms with van der Waals surface area (Å²) in [6.45, 7) is 0. The van der Waals surface area contributed by atoms with Crippen LogP contribution < -0.4 is 0 Å². The quantitative estimate of drug-likeness (QED) is 0.144. The lowest BCUT2D eigenvalue weighted by atomic mass is 9.90. The number of aromatic nitrogens is 6. The van der Waals surface area contributed by atoms with E-state index in [4.69, 9.17) is 15.3 Å². The Hall–Kier alpha value is -6.99. The van der Waals surface area contributed by atoms with Crippen molar-refractivity contribution in [1.82, 2.24) is 29.1 Å². The first-order valence-electron chi connectivity index (χ1n) is 17.6. The molecule has 0 amide bonds. The van der Waals surface area contributed by atoms with Crippen molar-refractivity contribution in [3.8, 4) is 67.5 Å². The highest BCUT2D eigenvalue weighted by molar-refractivity contribution is 6.54. The third-order valence-corrected chi connectivity index (χ3v) is 9.56. The molecule has 0 spiro atoms. The molecule has 0 N–H and O–H groups in total. The Kier molecular flexibility index (Phi) is 8.19. The first-order valence-corrected chi connectivity index (χ1v) is 17.6. The highest BCUT2D eigenvalue weighted by Crippen LogP contribution is 2.33. The molecular weight excluding hydrogens is 635 g/mol. The van der Waals surface area contributed by atoms with Crippen LogP contribution in [0.4, 0.5) is 0 Å². The summed E-state index contributed by atoms with van der Waals surface area (Å²) < 4.78 is 6.50. The molecule has 6 nitrogen and oxygen atoms in total. The molecule has 0 radical (unpaired) electrons. The van der Waals surface area contributed by atoms with Crippen LogP contribution in [0.5, 0.6) is 0 Å². The van der Waals surface area contributed by atoms with Crippen LogP contribution in [0, 0.1) is 0 Å². The first-order chi connectivity index (χ1) is 25.8. The van der Waals surface area contributed by atoms with Crippen LogP contribution in [0.3, 0.4) is 0 Å². The molecule has 0 bridgehead atoms. The highest BCUT2D eigenvalue weighted by Gasteiger charge is 2.26. The molecule has 0 saturated heterocycles. The Morgan fingerprint density at radius 2 is 0.481 bits per heavy atom. The topological polar surface area (TPSA) is 53.5 Å². The van der Waals surface area contributed by atoms with Crippen LogP contribution >= 0.6 is 0 Å². The molecule has 0 saturated carbocycles. The van der Waals surface area contributed by atoms with Crippen LogP contribution in [0.15, 0.2) is 200 Å². The molecule has 248 valence electrons. The van der Waals surface area contributed by atoms with Crippen molar-refractivity contribution in [3.05, 3.63) is 200 Å². The van der Waals surface area contributed by atoms with E-state index in [1.807, 2.05) is 36.4 Å². The van der Waals surface area contributed by atoms with E-state index in [0.717, 1.165) is 67.5 Å². The Labute approximate surface area is 303 Å². The van der Waals surface area contributed by atoms with Crippen molar-refractivity contribution in [2.75, 3.05) is 0 Å². The van der Waals surface area contributed by atoms with Gasteiger partial charge in [0.25, 0.3) is 0 Å². The largest absolute Gasteiger partial charge is 0.396 e. The summed E-state index contributed by atoms with van der Waals surface area (Å²) in [7, 11) is -1.96. The number of benzene rings is 6. The van der Waals surface area contributed by atoms with Gasteiger partial charge in [0.1, 0.15) is 0 Å². The molecule has 0 aliphatic rings.